The van der Waals surface area contributed by atoms with Crippen LogP contribution >= 0.6 is 0 Å². The highest BCUT2D eigenvalue weighted by Gasteiger charge is 2.11. The molecule has 1 heterocycles. The number of para-hydroxylation sites is 1. The molecule has 6 nitrogen and oxygen atoms in total. The molecule has 0 spiro atoms. The largest absolute Gasteiger partial charge is 0.508 e. The van der Waals surface area contributed by atoms with Crippen molar-refractivity contribution in [3.63, 3.8) is 0 Å². The predicted molar refractivity (Wildman–Crippen MR) is 115 cm³/mol. The number of phenols is 1. The van der Waals surface area contributed by atoms with E-state index >= 15 is 0 Å². The molecule has 0 saturated heterocycles. The van der Waals surface area contributed by atoms with Crippen molar-refractivity contribution in [2.45, 2.75) is 6.92 Å². The van der Waals surface area contributed by atoms with Gasteiger partial charge in [-0.05, 0) is 48.4 Å². The third-order valence-corrected chi connectivity index (χ3v) is 4.69. The molecule has 6 heteroatoms. The lowest BCUT2D eigenvalue weighted by Crippen LogP contribution is -2.20. The summed E-state index contributed by atoms with van der Waals surface area (Å²) in [4.78, 5) is 24.9. The number of nitrogens with one attached hydrogen (secondary N) is 1. The Balaban J connectivity index is 1.46. The highest BCUT2D eigenvalue weighted by Crippen LogP contribution is 2.23. The third kappa shape index (κ3) is 4.03. The maximum absolute atomic E-state index is 12.7. The number of hydrogen-bond donors (Lipinski definition) is 2. The second-order valence-electron chi connectivity index (χ2n) is 6.84. The molecule has 2 N–H and O–H groups in total. The van der Waals surface area contributed by atoms with Crippen LogP contribution < -0.4 is 15.5 Å². The zero-order chi connectivity index (χ0) is 21.1. The summed E-state index contributed by atoms with van der Waals surface area (Å²) in [7, 11) is 0. The molecular weight excluding hydrogens is 382 g/mol. The van der Waals surface area contributed by atoms with Gasteiger partial charge in [0.25, 0.3) is 5.91 Å². The van der Waals surface area contributed by atoms with Crippen LogP contribution in [0.4, 0.5) is 5.69 Å². The fraction of sp³-hybridized carbons (Fsp3) is 0.0833. The molecule has 0 radical (unpaired) electrons. The molecule has 0 aliphatic rings. The molecule has 0 atom stereocenters. The molecule has 1 amide bonds. The molecule has 150 valence electrons. The van der Waals surface area contributed by atoms with Gasteiger partial charge >= 0.3 is 0 Å². The van der Waals surface area contributed by atoms with Crippen molar-refractivity contribution in [2.24, 2.45) is 0 Å². The summed E-state index contributed by atoms with van der Waals surface area (Å²) in [6, 6.07) is 18.7. The van der Waals surface area contributed by atoms with Gasteiger partial charge in [-0.15, -0.1) is 0 Å². The monoisotopic (exact) mass is 401 g/mol. The van der Waals surface area contributed by atoms with Crippen LogP contribution in [0.2, 0.25) is 0 Å². The predicted octanol–water partition coefficient (Wildman–Crippen LogP) is 4.49. The average Bonchev–Trinajstić information content (AvgIpc) is 2.74. The lowest BCUT2D eigenvalue weighted by atomic mass is 10.1. The minimum Gasteiger partial charge on any atom is -0.508 e. The summed E-state index contributed by atoms with van der Waals surface area (Å²) in [5.74, 6) is 0.417. The molecule has 3 aromatic carbocycles. The SMILES string of the molecule is Cc1ccccc1OCC(=O)Nc1ccc(-c2coc3cc(O)ccc3c2=O)cc1. The summed E-state index contributed by atoms with van der Waals surface area (Å²) >= 11 is 0. The fourth-order valence-electron chi connectivity index (χ4n) is 3.11. The molecular formula is C24H19NO5. The lowest BCUT2D eigenvalue weighted by Gasteiger charge is -2.10. The first-order valence-electron chi connectivity index (χ1n) is 9.34. The molecule has 4 aromatic rings. The minimum absolute atomic E-state index is 0.0323. The first kappa shape index (κ1) is 19.3. The van der Waals surface area contributed by atoms with E-state index in [4.69, 9.17) is 9.15 Å². The van der Waals surface area contributed by atoms with Gasteiger partial charge < -0.3 is 19.6 Å². The number of amides is 1. The number of benzene rings is 3. The van der Waals surface area contributed by atoms with Gasteiger partial charge in [-0.25, -0.2) is 0 Å². The summed E-state index contributed by atoms with van der Waals surface area (Å²) < 4.78 is 11.0. The van der Waals surface area contributed by atoms with Crippen molar-refractivity contribution in [3.8, 4) is 22.6 Å². The van der Waals surface area contributed by atoms with Gasteiger partial charge in [-0.1, -0.05) is 30.3 Å². The number of carbonyl (C=O) groups excluding carboxylic acids is 1. The molecule has 0 fully saturated rings. The van der Waals surface area contributed by atoms with Gasteiger partial charge in [-0.3, -0.25) is 9.59 Å². The van der Waals surface area contributed by atoms with Gasteiger partial charge in [-0.2, -0.15) is 0 Å². The number of fused-ring (bicyclic) bond motifs is 1. The maximum atomic E-state index is 12.7. The maximum Gasteiger partial charge on any atom is 0.262 e. The second kappa shape index (κ2) is 8.13. The molecule has 0 aliphatic heterocycles. The van der Waals surface area contributed by atoms with Crippen LogP contribution in [0.25, 0.3) is 22.1 Å². The number of hydrogen-bond acceptors (Lipinski definition) is 5. The topological polar surface area (TPSA) is 88.8 Å². The molecule has 4 rings (SSSR count). The first-order valence-corrected chi connectivity index (χ1v) is 9.34. The molecule has 0 unspecified atom stereocenters. The Bertz CT molecular complexity index is 1280. The zero-order valence-corrected chi connectivity index (χ0v) is 16.2. The van der Waals surface area contributed by atoms with E-state index in [0.717, 1.165) is 5.56 Å². The molecule has 0 aliphatic carbocycles. The van der Waals surface area contributed by atoms with Gasteiger partial charge in [0, 0.05) is 11.8 Å². The Hall–Kier alpha value is -4.06. The number of phenolic OH excluding ortho intramolecular Hbond substituents is 1. The van der Waals surface area contributed by atoms with E-state index in [0.29, 0.717) is 33.5 Å². The van der Waals surface area contributed by atoms with Crippen molar-refractivity contribution in [2.75, 3.05) is 11.9 Å². The van der Waals surface area contributed by atoms with Gasteiger partial charge in [0.15, 0.2) is 12.0 Å². The fourth-order valence-corrected chi connectivity index (χ4v) is 3.11. The Morgan fingerprint density at radius 1 is 1.07 bits per heavy atom. The first-order chi connectivity index (χ1) is 14.5. The number of anilines is 1. The van der Waals surface area contributed by atoms with Crippen LogP contribution in [0.15, 0.2) is 82.2 Å². The van der Waals surface area contributed by atoms with E-state index in [1.54, 1.807) is 24.3 Å². The van der Waals surface area contributed by atoms with Gasteiger partial charge in [0.2, 0.25) is 0 Å². The molecule has 1 aromatic heterocycles. The normalized spacial score (nSPS) is 10.7. The van der Waals surface area contributed by atoms with Gasteiger partial charge in [0.1, 0.15) is 23.3 Å². The van der Waals surface area contributed by atoms with Crippen LogP contribution in [-0.2, 0) is 4.79 Å². The molecule has 0 saturated carbocycles. The average molecular weight is 401 g/mol. The second-order valence-corrected chi connectivity index (χ2v) is 6.84. The Morgan fingerprint density at radius 2 is 1.83 bits per heavy atom. The van der Waals surface area contributed by atoms with E-state index in [1.807, 2.05) is 31.2 Å². The van der Waals surface area contributed by atoms with Crippen molar-refractivity contribution < 1.29 is 19.1 Å². The quantitative estimate of drug-likeness (QED) is 0.514. The Kier molecular flexibility index (Phi) is 5.22. The zero-order valence-electron chi connectivity index (χ0n) is 16.2. The number of aromatic hydroxyl groups is 1. The summed E-state index contributed by atoms with van der Waals surface area (Å²) in [6.07, 6.45) is 1.37. The summed E-state index contributed by atoms with van der Waals surface area (Å²) in [5.41, 5.74) is 2.73. The van der Waals surface area contributed by atoms with E-state index < -0.39 is 0 Å². The van der Waals surface area contributed by atoms with E-state index in [9.17, 15) is 14.7 Å². The van der Waals surface area contributed by atoms with Crippen molar-refractivity contribution in [1.29, 1.82) is 0 Å². The standard InChI is InChI=1S/C24H19NO5/c1-15-4-2-3-5-21(15)30-14-23(27)25-17-8-6-16(7-9-17)20-13-29-22-12-18(26)10-11-19(22)24(20)28/h2-13,26H,14H2,1H3,(H,25,27). The van der Waals surface area contributed by atoms with Crippen LogP contribution in [0.5, 0.6) is 11.5 Å². The summed E-state index contributed by atoms with van der Waals surface area (Å²) in [6.45, 7) is 1.81. The number of carbonyl (C=O) groups is 1. The van der Waals surface area contributed by atoms with Crippen molar-refractivity contribution in [1.82, 2.24) is 0 Å². The summed E-state index contributed by atoms with van der Waals surface area (Å²) in [5, 5.41) is 12.7. The van der Waals surface area contributed by atoms with Crippen LogP contribution in [0.3, 0.4) is 0 Å². The van der Waals surface area contributed by atoms with Crippen molar-refractivity contribution >= 4 is 22.6 Å². The van der Waals surface area contributed by atoms with E-state index in [1.165, 1.54) is 24.5 Å². The highest BCUT2D eigenvalue weighted by atomic mass is 16.5. The van der Waals surface area contributed by atoms with Crippen LogP contribution in [0, 0.1) is 6.92 Å². The number of ether oxygens (including phenoxy) is 1. The molecule has 0 bridgehead atoms. The number of rotatable bonds is 5. The Labute approximate surface area is 172 Å². The van der Waals surface area contributed by atoms with Crippen LogP contribution in [-0.4, -0.2) is 17.6 Å². The van der Waals surface area contributed by atoms with E-state index in [2.05, 4.69) is 5.32 Å². The Morgan fingerprint density at radius 3 is 2.60 bits per heavy atom. The third-order valence-electron chi connectivity index (χ3n) is 4.69. The molecule has 30 heavy (non-hydrogen) atoms. The van der Waals surface area contributed by atoms with Crippen LogP contribution in [0.1, 0.15) is 5.56 Å². The smallest absolute Gasteiger partial charge is 0.262 e. The van der Waals surface area contributed by atoms with Gasteiger partial charge in [0.05, 0.1) is 10.9 Å². The minimum atomic E-state index is -0.281. The highest BCUT2D eigenvalue weighted by molar-refractivity contribution is 5.92. The lowest BCUT2D eigenvalue weighted by molar-refractivity contribution is -0.118. The van der Waals surface area contributed by atoms with E-state index in [-0.39, 0.29) is 23.7 Å². The number of aryl methyl sites for hydroxylation is 1. The van der Waals surface area contributed by atoms with Crippen molar-refractivity contribution in [3.05, 3.63) is 88.8 Å².